The molecule has 1 aliphatic carbocycles. The van der Waals surface area contributed by atoms with Crippen LogP contribution in [0, 0.1) is 0 Å². The number of benzene rings is 1. The van der Waals surface area contributed by atoms with Gasteiger partial charge in [0.25, 0.3) is 0 Å². The van der Waals surface area contributed by atoms with E-state index in [-0.39, 0.29) is 17.9 Å². The number of amides is 1. The topological polar surface area (TPSA) is 85.6 Å². The molecule has 2 aromatic heterocycles. The summed E-state index contributed by atoms with van der Waals surface area (Å²) in [6, 6.07) is 2.66. The fourth-order valence-electron chi connectivity index (χ4n) is 6.02. The Kier molecular flexibility index (Phi) is 7.36. The molecule has 0 N–H and O–H groups in total. The molecule has 42 heavy (non-hydrogen) atoms. The van der Waals surface area contributed by atoms with Crippen molar-refractivity contribution in [3.63, 3.8) is 0 Å². The second-order valence-electron chi connectivity index (χ2n) is 12.0. The molecule has 0 radical (unpaired) electrons. The number of piperazine rings is 1. The largest absolute Gasteiger partial charge is 0.444 e. The van der Waals surface area contributed by atoms with E-state index in [2.05, 4.69) is 20.0 Å². The Morgan fingerprint density at radius 1 is 1.05 bits per heavy atom. The monoisotopic (exact) mass is 584 g/mol. The summed E-state index contributed by atoms with van der Waals surface area (Å²) in [7, 11) is 0. The molecular formula is C30H35F3N6O3. The van der Waals surface area contributed by atoms with Crippen LogP contribution in [-0.2, 0) is 22.1 Å². The predicted molar refractivity (Wildman–Crippen MR) is 152 cm³/mol. The van der Waals surface area contributed by atoms with E-state index >= 15 is 0 Å². The van der Waals surface area contributed by atoms with E-state index in [1.165, 1.54) is 18.6 Å². The van der Waals surface area contributed by atoms with Crippen LogP contribution >= 0.6 is 0 Å². The van der Waals surface area contributed by atoms with Gasteiger partial charge in [0.15, 0.2) is 6.23 Å². The number of nitrogens with zero attached hydrogens (tertiary/aromatic N) is 6. The van der Waals surface area contributed by atoms with E-state index < -0.39 is 17.3 Å². The number of ether oxygens (including phenoxy) is 2. The van der Waals surface area contributed by atoms with Gasteiger partial charge >= 0.3 is 12.3 Å². The van der Waals surface area contributed by atoms with E-state index in [0.29, 0.717) is 67.8 Å². The minimum absolute atomic E-state index is 0.152. The lowest BCUT2D eigenvalue weighted by atomic mass is 9.87. The summed E-state index contributed by atoms with van der Waals surface area (Å²) in [5.74, 6) is 0.760. The molecule has 1 atom stereocenters. The molecular weight excluding hydrogens is 549 g/mol. The molecule has 0 spiro atoms. The van der Waals surface area contributed by atoms with Gasteiger partial charge in [-0.15, -0.1) is 0 Å². The number of carbonyl (C=O) groups is 1. The zero-order valence-electron chi connectivity index (χ0n) is 24.1. The first-order valence-electron chi connectivity index (χ1n) is 14.5. The molecule has 2 aliphatic heterocycles. The molecule has 2 fully saturated rings. The second-order valence-corrected chi connectivity index (χ2v) is 12.0. The zero-order chi connectivity index (χ0) is 29.6. The lowest BCUT2D eigenvalue weighted by Gasteiger charge is -2.37. The molecule has 6 rings (SSSR count). The summed E-state index contributed by atoms with van der Waals surface area (Å²) in [6.07, 6.45) is 3.22. The molecule has 3 aromatic rings. The molecule has 3 aliphatic rings. The smallest absolute Gasteiger partial charge is 0.417 e. The third-order valence-electron chi connectivity index (χ3n) is 7.98. The fourth-order valence-corrected chi connectivity index (χ4v) is 6.02. The van der Waals surface area contributed by atoms with E-state index in [0.717, 1.165) is 36.7 Å². The number of hydrogen-bond donors (Lipinski definition) is 0. The van der Waals surface area contributed by atoms with Gasteiger partial charge in [0, 0.05) is 49.3 Å². The van der Waals surface area contributed by atoms with Gasteiger partial charge in [-0.05, 0) is 76.7 Å². The Hall–Kier alpha value is -3.67. The Labute approximate surface area is 242 Å². The lowest BCUT2D eigenvalue weighted by molar-refractivity contribution is -0.137. The van der Waals surface area contributed by atoms with Gasteiger partial charge < -0.3 is 19.3 Å². The summed E-state index contributed by atoms with van der Waals surface area (Å²) in [6.45, 7) is 8.24. The SMILES string of the molecule is CC(C)(C)OC(=O)N1CCN(c2ncnc3c2CCC(c2c(C(F)(F)F)ccc4c2cnn4C2CCCCO2)=C3)CC1. The molecule has 4 heterocycles. The van der Waals surface area contributed by atoms with Crippen molar-refractivity contribution >= 4 is 34.5 Å². The highest BCUT2D eigenvalue weighted by atomic mass is 19.4. The van der Waals surface area contributed by atoms with Gasteiger partial charge in [0.05, 0.1) is 23.0 Å². The molecule has 12 heteroatoms. The lowest BCUT2D eigenvalue weighted by Crippen LogP contribution is -2.50. The third kappa shape index (κ3) is 5.56. The van der Waals surface area contributed by atoms with Crippen LogP contribution in [0.3, 0.4) is 0 Å². The van der Waals surface area contributed by atoms with Crippen molar-refractivity contribution in [2.75, 3.05) is 37.7 Å². The Bertz CT molecular complexity index is 1510. The van der Waals surface area contributed by atoms with Crippen LogP contribution < -0.4 is 4.90 Å². The van der Waals surface area contributed by atoms with Crippen molar-refractivity contribution in [3.05, 3.63) is 47.0 Å². The number of carbonyl (C=O) groups excluding carboxylic acids is 1. The van der Waals surface area contributed by atoms with Gasteiger partial charge in [0.1, 0.15) is 17.7 Å². The highest BCUT2D eigenvalue weighted by Gasteiger charge is 2.37. The Morgan fingerprint density at radius 3 is 2.52 bits per heavy atom. The van der Waals surface area contributed by atoms with E-state index in [9.17, 15) is 18.0 Å². The molecule has 224 valence electrons. The standard InChI is InChI=1S/C30H35F3N6O3/c1-29(2,3)42-28(40)38-13-11-37(12-14-38)27-20-8-7-19(16-23(20)34-18-35-27)26-21-17-36-39(25-6-4-5-15-41-25)24(21)10-9-22(26)30(31,32)33/h9-10,16-18,25H,4-8,11-15H2,1-3H3. The number of anilines is 1. The van der Waals surface area contributed by atoms with Gasteiger partial charge in [-0.1, -0.05) is 0 Å². The molecule has 1 unspecified atom stereocenters. The third-order valence-corrected chi connectivity index (χ3v) is 7.98. The quantitative estimate of drug-likeness (QED) is 0.368. The Morgan fingerprint density at radius 2 is 1.83 bits per heavy atom. The van der Waals surface area contributed by atoms with E-state index in [1.54, 1.807) is 15.7 Å². The fraction of sp³-hybridized carbons (Fsp3) is 0.533. The maximum absolute atomic E-state index is 14.3. The number of fused-ring (bicyclic) bond motifs is 2. The van der Waals surface area contributed by atoms with Gasteiger partial charge in [0.2, 0.25) is 0 Å². The first-order chi connectivity index (χ1) is 20.0. The zero-order valence-corrected chi connectivity index (χ0v) is 24.1. The molecule has 1 aromatic carbocycles. The van der Waals surface area contributed by atoms with Crippen LogP contribution in [0.5, 0.6) is 0 Å². The maximum atomic E-state index is 14.3. The number of hydrogen-bond acceptors (Lipinski definition) is 7. The van der Waals surface area contributed by atoms with Crippen LogP contribution in [0.4, 0.5) is 23.8 Å². The van der Waals surface area contributed by atoms with Crippen molar-refractivity contribution in [3.8, 4) is 0 Å². The molecule has 2 saturated heterocycles. The number of allylic oxidation sites excluding steroid dienone is 1. The number of aromatic nitrogens is 4. The summed E-state index contributed by atoms with van der Waals surface area (Å²) < 4.78 is 56.1. The van der Waals surface area contributed by atoms with Crippen LogP contribution in [0.15, 0.2) is 24.7 Å². The highest BCUT2D eigenvalue weighted by Crippen LogP contribution is 2.43. The van der Waals surface area contributed by atoms with Crippen molar-refractivity contribution in [1.82, 2.24) is 24.6 Å². The minimum atomic E-state index is -4.53. The molecule has 1 amide bonds. The number of alkyl halides is 3. The van der Waals surface area contributed by atoms with Crippen LogP contribution in [0.25, 0.3) is 22.6 Å². The molecule has 9 nitrogen and oxygen atoms in total. The maximum Gasteiger partial charge on any atom is 0.417 e. The summed E-state index contributed by atoms with van der Waals surface area (Å²) in [4.78, 5) is 25.3. The van der Waals surface area contributed by atoms with Crippen molar-refractivity contribution < 1.29 is 27.4 Å². The summed E-state index contributed by atoms with van der Waals surface area (Å²) in [5, 5.41) is 4.94. The first kappa shape index (κ1) is 28.4. The van der Waals surface area contributed by atoms with E-state index in [1.807, 2.05) is 20.8 Å². The predicted octanol–water partition coefficient (Wildman–Crippen LogP) is 6.09. The van der Waals surface area contributed by atoms with Gasteiger partial charge in [-0.25, -0.2) is 19.4 Å². The van der Waals surface area contributed by atoms with Crippen LogP contribution in [0.1, 0.15) is 75.1 Å². The number of halogens is 3. The average molecular weight is 585 g/mol. The average Bonchev–Trinajstić information content (AvgIpc) is 3.39. The van der Waals surface area contributed by atoms with Crippen LogP contribution in [0.2, 0.25) is 0 Å². The van der Waals surface area contributed by atoms with Crippen LogP contribution in [-0.4, -0.2) is 69.1 Å². The summed E-state index contributed by atoms with van der Waals surface area (Å²) in [5.41, 5.74) is 1.62. The highest BCUT2D eigenvalue weighted by molar-refractivity contribution is 5.98. The first-order valence-corrected chi connectivity index (χ1v) is 14.5. The normalized spacial score (nSPS) is 20.0. The van der Waals surface area contributed by atoms with E-state index in [4.69, 9.17) is 9.47 Å². The van der Waals surface area contributed by atoms with Crippen molar-refractivity contribution in [2.45, 2.75) is 70.9 Å². The van der Waals surface area contributed by atoms with Crippen molar-refractivity contribution in [1.29, 1.82) is 0 Å². The summed E-state index contributed by atoms with van der Waals surface area (Å²) >= 11 is 0. The molecule has 0 saturated carbocycles. The van der Waals surface area contributed by atoms with Gasteiger partial charge in [-0.2, -0.15) is 18.3 Å². The minimum Gasteiger partial charge on any atom is -0.444 e. The second kappa shape index (κ2) is 10.9. The molecule has 0 bridgehead atoms. The van der Waals surface area contributed by atoms with Gasteiger partial charge in [-0.3, -0.25) is 0 Å². The van der Waals surface area contributed by atoms with Crippen molar-refractivity contribution in [2.24, 2.45) is 0 Å². The Balaban J connectivity index is 1.31. The number of rotatable bonds is 3.